The molecule has 2 N–H and O–H groups in total. The van der Waals surface area contributed by atoms with E-state index in [1.807, 2.05) is 6.08 Å². The van der Waals surface area contributed by atoms with Crippen LogP contribution >= 0.6 is 0 Å². The average Bonchev–Trinajstić information content (AvgIpc) is 3.83. The van der Waals surface area contributed by atoms with Gasteiger partial charge in [-0.3, -0.25) is 19.2 Å². The maximum Gasteiger partial charge on any atom is 0.155 e. The molecule has 63 heavy (non-hydrogen) atoms. The number of hydrogen-bond donors (Lipinski definition) is 2. The molecule has 0 aromatic rings. The summed E-state index contributed by atoms with van der Waals surface area (Å²) in [5, 5.41) is 25.6. The Hall–Kier alpha value is -2.18. The largest absolute Gasteiger partial charge is 0.385 e. The van der Waals surface area contributed by atoms with Crippen molar-refractivity contribution in [1.29, 1.82) is 0 Å². The SMILES string of the molecule is C[C@]12CC[C@@](O)([C@@H]3C[C@H]4[C@@H]5CCC6=C[C@](O)([C@@H]7C[C@H]8[C@@H]9CCC%10=CC(=O)CC[C@]%10(C)[C@H]9CC[C@]8(C)C7=O)CC[C@]6(C)[C@H]5CC[C@]4(C)C3=O)C=C1CC[C@@H]1[C@@H]2CC[C@]2(C)C(=O)CC[C@@H]12. The Balaban J connectivity index is 0.774. The Bertz CT molecular complexity index is 2180. The zero-order valence-electron chi connectivity index (χ0n) is 39.7. The lowest BCUT2D eigenvalue weighted by molar-refractivity contribution is -0.140. The predicted molar refractivity (Wildman–Crippen MR) is 243 cm³/mol. The third-order valence-electron chi connectivity index (χ3n) is 24.8. The summed E-state index contributed by atoms with van der Waals surface area (Å²) in [7, 11) is 0. The molecule has 0 heterocycles. The van der Waals surface area contributed by atoms with Gasteiger partial charge in [-0.2, -0.15) is 0 Å². The van der Waals surface area contributed by atoms with Gasteiger partial charge in [0, 0.05) is 29.1 Å². The van der Waals surface area contributed by atoms with Crippen molar-refractivity contribution in [2.24, 2.45) is 97.6 Å². The number of carbonyl (C=O) groups excluding carboxylic acids is 4. The van der Waals surface area contributed by atoms with Crippen LogP contribution in [0.25, 0.3) is 0 Å². The van der Waals surface area contributed by atoms with Gasteiger partial charge in [-0.15, -0.1) is 0 Å². The molecule has 0 spiro atoms. The Kier molecular flexibility index (Phi) is 8.90. The molecule has 0 radical (unpaired) electrons. The normalized spacial score (nSPS) is 56.9. The van der Waals surface area contributed by atoms with Crippen LogP contribution in [0.3, 0.4) is 0 Å². The predicted octanol–water partition coefficient (Wildman–Crippen LogP) is 11.1. The molecule has 342 valence electrons. The van der Waals surface area contributed by atoms with E-state index in [9.17, 15) is 29.4 Å². The van der Waals surface area contributed by atoms with Crippen LogP contribution in [0, 0.1) is 97.6 Å². The van der Waals surface area contributed by atoms with E-state index in [-0.39, 0.29) is 50.6 Å². The number of allylic oxidation sites excluding steroid dienone is 3. The van der Waals surface area contributed by atoms with Crippen molar-refractivity contribution < 1.29 is 29.4 Å². The van der Waals surface area contributed by atoms with Crippen LogP contribution < -0.4 is 0 Å². The van der Waals surface area contributed by atoms with Gasteiger partial charge in [0.1, 0.15) is 17.3 Å². The molecule has 12 rings (SSSR count). The molecule has 0 aromatic carbocycles. The fourth-order valence-electron chi connectivity index (χ4n) is 20.9. The maximum atomic E-state index is 14.9. The number of fused-ring (bicyclic) bond motifs is 15. The van der Waals surface area contributed by atoms with Crippen molar-refractivity contribution in [2.45, 2.75) is 194 Å². The first-order valence-electron chi connectivity index (χ1n) is 26.5. The summed E-state index contributed by atoms with van der Waals surface area (Å²) in [6, 6.07) is 0. The Morgan fingerprint density at radius 3 is 1.32 bits per heavy atom. The van der Waals surface area contributed by atoms with Crippen molar-refractivity contribution in [3.8, 4) is 0 Å². The van der Waals surface area contributed by atoms with Crippen LogP contribution in [0.4, 0.5) is 0 Å². The molecule has 0 amide bonds. The summed E-state index contributed by atoms with van der Waals surface area (Å²) >= 11 is 0. The van der Waals surface area contributed by atoms with E-state index in [2.05, 4.69) is 53.7 Å². The molecule has 6 heteroatoms. The topological polar surface area (TPSA) is 109 Å². The van der Waals surface area contributed by atoms with Crippen LogP contribution in [-0.4, -0.2) is 44.5 Å². The fourth-order valence-corrected chi connectivity index (χ4v) is 20.9. The van der Waals surface area contributed by atoms with Crippen LogP contribution in [0.15, 0.2) is 34.9 Å². The zero-order valence-corrected chi connectivity index (χ0v) is 39.7. The molecule has 9 saturated carbocycles. The molecule has 6 nitrogen and oxygen atoms in total. The van der Waals surface area contributed by atoms with Gasteiger partial charge in [0.05, 0.1) is 23.0 Å². The molecule has 0 unspecified atom stereocenters. The summed E-state index contributed by atoms with van der Waals surface area (Å²) in [4.78, 5) is 55.2. The summed E-state index contributed by atoms with van der Waals surface area (Å²) in [6.45, 7) is 14.1. The van der Waals surface area contributed by atoms with Crippen molar-refractivity contribution in [2.75, 3.05) is 0 Å². The van der Waals surface area contributed by atoms with Gasteiger partial charge in [0.25, 0.3) is 0 Å². The van der Waals surface area contributed by atoms with Crippen LogP contribution in [0.5, 0.6) is 0 Å². The number of rotatable bonds is 2. The highest BCUT2D eigenvalue weighted by Crippen LogP contribution is 2.71. The monoisotopic (exact) mass is 859 g/mol. The number of aliphatic hydroxyl groups is 2. The molecular formula is C57H78O6. The first kappa shape index (κ1) is 42.2. The minimum Gasteiger partial charge on any atom is -0.385 e. The number of carbonyl (C=O) groups is 4. The van der Waals surface area contributed by atoms with E-state index in [1.165, 1.54) is 16.7 Å². The second-order valence-electron chi connectivity index (χ2n) is 26.6. The van der Waals surface area contributed by atoms with Gasteiger partial charge in [0.15, 0.2) is 5.78 Å². The van der Waals surface area contributed by atoms with E-state index in [4.69, 9.17) is 0 Å². The maximum absolute atomic E-state index is 14.9. The lowest BCUT2D eigenvalue weighted by atomic mass is 9.46. The van der Waals surface area contributed by atoms with Crippen molar-refractivity contribution in [3.05, 3.63) is 34.9 Å². The molecule has 19 atom stereocenters. The summed E-state index contributed by atoms with van der Waals surface area (Å²) in [6.07, 6.45) is 26.5. The van der Waals surface area contributed by atoms with Crippen LogP contribution in [0.1, 0.15) is 183 Å². The molecule has 9 fully saturated rings. The highest BCUT2D eigenvalue weighted by atomic mass is 16.3. The van der Waals surface area contributed by atoms with E-state index in [0.717, 1.165) is 122 Å². The molecule has 0 aliphatic heterocycles. The minimum absolute atomic E-state index is 0.0455. The Morgan fingerprint density at radius 2 is 0.825 bits per heavy atom. The van der Waals surface area contributed by atoms with Crippen LogP contribution in [0.2, 0.25) is 0 Å². The van der Waals surface area contributed by atoms with Gasteiger partial charge in [-0.25, -0.2) is 0 Å². The first-order valence-corrected chi connectivity index (χ1v) is 26.5. The number of Topliss-reactive ketones (excluding diaryl/α,β-unsaturated/α-hetero) is 3. The number of ketones is 4. The zero-order chi connectivity index (χ0) is 44.1. The lowest BCUT2D eigenvalue weighted by Crippen LogP contribution is -2.54. The van der Waals surface area contributed by atoms with E-state index < -0.39 is 16.6 Å². The fraction of sp³-hybridized carbons (Fsp3) is 0.825. The highest BCUT2D eigenvalue weighted by molar-refractivity contribution is 5.93. The summed E-state index contributed by atoms with van der Waals surface area (Å²) < 4.78 is 0. The second kappa shape index (κ2) is 13.3. The molecular weight excluding hydrogens is 781 g/mol. The average molecular weight is 859 g/mol. The van der Waals surface area contributed by atoms with E-state index >= 15 is 0 Å². The molecule has 0 aromatic heterocycles. The third-order valence-corrected chi connectivity index (χ3v) is 24.8. The van der Waals surface area contributed by atoms with E-state index in [0.29, 0.717) is 84.0 Å². The lowest BCUT2D eigenvalue weighted by Gasteiger charge is -2.58. The van der Waals surface area contributed by atoms with Gasteiger partial charge in [-0.05, 0) is 204 Å². The smallest absolute Gasteiger partial charge is 0.155 e. The standard InChI is InChI=1S/C57H78O6/c1-50-19-15-35(58)27-32(50)7-10-37-41(50)17-21-54(5)43(37)28-45(48(54)60)57(63)26-24-52(3)34(31-57)9-12-38-42(52)18-22-55(6)44(38)29-46(49(55)61)56(62)25-23-51(2)33(30-56)8-11-36-39-13-14-47(59)53(39,4)20-16-40(36)51/h27,30-31,36-46,62-63H,7-26,28-29H2,1-6H3/t36-,37+,38+,39-,40-,41-,42-,43-,44-,45+,46+,50-,51-,52-,53-,54-,55-,56-,57-/m0/s1. The third kappa shape index (κ3) is 5.32. The second-order valence-corrected chi connectivity index (χ2v) is 26.6. The van der Waals surface area contributed by atoms with Gasteiger partial charge in [0.2, 0.25) is 0 Å². The molecule has 0 saturated heterocycles. The van der Waals surface area contributed by atoms with Gasteiger partial charge >= 0.3 is 0 Å². The van der Waals surface area contributed by atoms with Crippen molar-refractivity contribution in [1.82, 2.24) is 0 Å². The summed E-state index contributed by atoms with van der Waals surface area (Å²) in [5.74, 6) is 4.77. The first-order chi connectivity index (χ1) is 29.7. The van der Waals surface area contributed by atoms with E-state index in [1.54, 1.807) is 0 Å². The van der Waals surface area contributed by atoms with Crippen molar-refractivity contribution >= 4 is 23.1 Å². The molecule has 12 aliphatic carbocycles. The van der Waals surface area contributed by atoms with Gasteiger partial charge in [-0.1, -0.05) is 70.4 Å². The number of hydrogen-bond acceptors (Lipinski definition) is 6. The Labute approximate surface area is 377 Å². The Morgan fingerprint density at radius 1 is 0.413 bits per heavy atom. The highest BCUT2D eigenvalue weighted by Gasteiger charge is 2.68. The summed E-state index contributed by atoms with van der Waals surface area (Å²) in [5.41, 5.74) is 1.07. The van der Waals surface area contributed by atoms with Crippen molar-refractivity contribution in [3.63, 3.8) is 0 Å². The molecule has 0 bridgehead atoms. The quantitative estimate of drug-likeness (QED) is 0.268. The van der Waals surface area contributed by atoms with Gasteiger partial charge < -0.3 is 10.2 Å². The minimum atomic E-state index is -1.11. The van der Waals surface area contributed by atoms with Crippen LogP contribution in [-0.2, 0) is 19.2 Å². The molecule has 12 aliphatic rings.